The number of methoxy groups -OCH3 is 1. The lowest BCUT2D eigenvalue weighted by Gasteiger charge is -2.32. The fourth-order valence-electron chi connectivity index (χ4n) is 3.12. The first-order chi connectivity index (χ1) is 12.8. The van der Waals surface area contributed by atoms with Crippen molar-refractivity contribution in [1.29, 1.82) is 0 Å². The second-order valence-corrected chi connectivity index (χ2v) is 6.53. The number of carbonyl (C=O) groups is 2. The molecule has 1 unspecified atom stereocenters. The number of fused-ring (bicyclic) bond motifs is 1. The minimum atomic E-state index is -0.708. The van der Waals surface area contributed by atoms with Crippen LogP contribution >= 0.6 is 11.6 Å². The van der Waals surface area contributed by atoms with E-state index in [0.717, 1.165) is 0 Å². The summed E-state index contributed by atoms with van der Waals surface area (Å²) in [5, 5.41) is 3.24. The van der Waals surface area contributed by atoms with E-state index in [0.29, 0.717) is 11.8 Å². The summed E-state index contributed by atoms with van der Waals surface area (Å²) in [6.45, 7) is 2.04. The first kappa shape index (κ1) is 19.1. The van der Waals surface area contributed by atoms with Crippen molar-refractivity contribution in [2.75, 3.05) is 27.7 Å². The van der Waals surface area contributed by atoms with Crippen molar-refractivity contribution in [2.45, 2.75) is 19.5 Å². The summed E-state index contributed by atoms with van der Waals surface area (Å²) in [7, 11) is 4.62. The highest BCUT2D eigenvalue weighted by molar-refractivity contribution is 6.31. The van der Waals surface area contributed by atoms with Gasteiger partial charge < -0.3 is 4.74 Å². The van der Waals surface area contributed by atoms with E-state index in [9.17, 15) is 14.0 Å². The number of amidine groups is 1. The van der Waals surface area contributed by atoms with Crippen LogP contribution in [0.1, 0.15) is 12.5 Å². The zero-order valence-corrected chi connectivity index (χ0v) is 16.2. The van der Waals surface area contributed by atoms with Gasteiger partial charge in [-0.2, -0.15) is 0 Å². The first-order valence-electron chi connectivity index (χ1n) is 8.33. The number of hydrogen-bond donors (Lipinski definition) is 1. The lowest BCUT2D eigenvalue weighted by Crippen LogP contribution is -2.62. The van der Waals surface area contributed by atoms with Crippen molar-refractivity contribution in [3.05, 3.63) is 28.5 Å². The maximum absolute atomic E-state index is 14.5. The van der Waals surface area contributed by atoms with Crippen molar-refractivity contribution in [3.63, 3.8) is 0 Å². The van der Waals surface area contributed by atoms with E-state index in [4.69, 9.17) is 16.3 Å². The highest BCUT2D eigenvalue weighted by Gasteiger charge is 2.50. The number of ether oxygens (including phenoxy) is 1. The number of carbonyl (C=O) groups excluding carboxylic acids is 2. The molecule has 0 aromatic heterocycles. The number of likely N-dealkylation sites (N-methyl/N-ethyl adjacent to an activating group) is 3. The molecule has 3 amide bonds. The van der Waals surface area contributed by atoms with Crippen LogP contribution in [0.2, 0.25) is 5.02 Å². The average molecular weight is 397 g/mol. The molecule has 2 aliphatic rings. The SMILES string of the molecule is CCN1C(=O)C2C(=NC(NCc3c(Cl)ccc(OC)c3F)=[N+]2C)N(C)C1=O. The van der Waals surface area contributed by atoms with Crippen molar-refractivity contribution in [3.8, 4) is 5.75 Å². The van der Waals surface area contributed by atoms with Gasteiger partial charge in [0.1, 0.15) is 0 Å². The summed E-state index contributed by atoms with van der Waals surface area (Å²) >= 11 is 6.10. The molecule has 1 fully saturated rings. The molecule has 10 heteroatoms. The van der Waals surface area contributed by atoms with Crippen molar-refractivity contribution >= 4 is 35.3 Å². The lowest BCUT2D eigenvalue weighted by molar-refractivity contribution is -0.507. The maximum Gasteiger partial charge on any atom is 0.390 e. The van der Waals surface area contributed by atoms with Gasteiger partial charge in [-0.3, -0.25) is 19.9 Å². The number of rotatable bonds is 4. The maximum atomic E-state index is 14.5. The Hall–Kier alpha value is -2.68. The molecule has 144 valence electrons. The van der Waals surface area contributed by atoms with Gasteiger partial charge in [-0.25, -0.2) is 13.8 Å². The molecule has 0 spiro atoms. The van der Waals surface area contributed by atoms with E-state index in [-0.39, 0.29) is 35.3 Å². The molecule has 2 aliphatic heterocycles. The van der Waals surface area contributed by atoms with Gasteiger partial charge in [-0.05, 0) is 19.1 Å². The second kappa shape index (κ2) is 7.15. The minimum Gasteiger partial charge on any atom is -0.494 e. The summed E-state index contributed by atoms with van der Waals surface area (Å²) < 4.78 is 21.0. The Morgan fingerprint density at radius 2 is 2.11 bits per heavy atom. The number of hydrogen-bond acceptors (Lipinski definition) is 5. The number of halogens is 2. The van der Waals surface area contributed by atoms with E-state index in [2.05, 4.69) is 10.3 Å². The highest BCUT2D eigenvalue weighted by Crippen LogP contribution is 2.27. The van der Waals surface area contributed by atoms with Gasteiger partial charge in [0.15, 0.2) is 11.6 Å². The van der Waals surface area contributed by atoms with E-state index >= 15 is 0 Å². The molecule has 8 nitrogen and oxygen atoms in total. The van der Waals surface area contributed by atoms with E-state index in [1.54, 1.807) is 31.7 Å². The van der Waals surface area contributed by atoms with Gasteiger partial charge in [0.05, 0.1) is 25.7 Å². The predicted octanol–water partition coefficient (Wildman–Crippen LogP) is 1.27. The Bertz CT molecular complexity index is 886. The van der Waals surface area contributed by atoms with Crippen LogP contribution in [0.5, 0.6) is 5.75 Å². The summed E-state index contributed by atoms with van der Waals surface area (Å²) in [5.74, 6) is -0.148. The van der Waals surface area contributed by atoms with Crippen LogP contribution in [-0.2, 0) is 11.3 Å². The monoisotopic (exact) mass is 396 g/mol. The Kier molecular flexibility index (Phi) is 5.05. The van der Waals surface area contributed by atoms with Crippen LogP contribution in [0.15, 0.2) is 17.1 Å². The molecule has 1 aromatic carbocycles. The minimum absolute atomic E-state index is 0.0361. The van der Waals surface area contributed by atoms with Crippen LogP contribution in [0.25, 0.3) is 0 Å². The number of aliphatic imine (C=N–C) groups is 1. The predicted molar refractivity (Wildman–Crippen MR) is 97.8 cm³/mol. The Morgan fingerprint density at radius 3 is 2.74 bits per heavy atom. The Labute approximate surface area is 160 Å². The molecule has 0 bridgehead atoms. The van der Waals surface area contributed by atoms with E-state index in [1.807, 2.05) is 0 Å². The number of urea groups is 1. The third kappa shape index (κ3) is 3.01. The normalized spacial score (nSPS) is 19.5. The third-order valence-corrected chi connectivity index (χ3v) is 5.01. The van der Waals surface area contributed by atoms with Crippen LogP contribution < -0.4 is 10.1 Å². The smallest absolute Gasteiger partial charge is 0.390 e. The van der Waals surface area contributed by atoms with Crippen LogP contribution in [0, 0.1) is 5.82 Å². The number of nitrogens with zero attached hydrogens (tertiary/aromatic N) is 4. The summed E-state index contributed by atoms with van der Waals surface area (Å²) in [6, 6.07) is 1.86. The molecule has 1 N–H and O–H groups in total. The Morgan fingerprint density at radius 1 is 1.41 bits per heavy atom. The van der Waals surface area contributed by atoms with E-state index < -0.39 is 17.9 Å². The zero-order valence-electron chi connectivity index (χ0n) is 15.4. The number of amides is 3. The molecule has 1 atom stereocenters. The molecule has 0 saturated carbocycles. The van der Waals surface area contributed by atoms with Gasteiger partial charge in [-0.15, -0.1) is 0 Å². The van der Waals surface area contributed by atoms with Crippen molar-refractivity contribution < 1.29 is 23.3 Å². The van der Waals surface area contributed by atoms with Crippen molar-refractivity contribution in [2.24, 2.45) is 4.99 Å². The largest absolute Gasteiger partial charge is 0.494 e. The van der Waals surface area contributed by atoms with E-state index in [1.165, 1.54) is 23.0 Å². The molecular weight excluding hydrogens is 377 g/mol. The van der Waals surface area contributed by atoms with Gasteiger partial charge in [0.2, 0.25) is 11.9 Å². The molecule has 0 aliphatic carbocycles. The summed E-state index contributed by atoms with van der Waals surface area (Å²) in [4.78, 5) is 31.8. The number of guanidine groups is 1. The number of imide groups is 1. The molecule has 3 rings (SSSR count). The molecule has 0 radical (unpaired) electrons. The third-order valence-electron chi connectivity index (χ3n) is 4.66. The molecular formula is C17H20ClFN5O3+. The van der Waals surface area contributed by atoms with Crippen LogP contribution in [-0.4, -0.2) is 71.9 Å². The summed E-state index contributed by atoms with van der Waals surface area (Å²) in [5.41, 5.74) is 0.220. The fourth-order valence-corrected chi connectivity index (χ4v) is 3.33. The topological polar surface area (TPSA) is 77.2 Å². The molecule has 27 heavy (non-hydrogen) atoms. The zero-order chi connectivity index (χ0) is 19.9. The van der Waals surface area contributed by atoms with Crippen molar-refractivity contribution in [1.82, 2.24) is 15.1 Å². The molecule has 1 saturated heterocycles. The van der Waals surface area contributed by atoms with Crippen LogP contribution in [0.3, 0.4) is 0 Å². The molecule has 1 aromatic rings. The molecule has 2 heterocycles. The van der Waals surface area contributed by atoms with Gasteiger partial charge in [0, 0.05) is 19.2 Å². The van der Waals surface area contributed by atoms with Gasteiger partial charge in [-0.1, -0.05) is 16.6 Å². The highest BCUT2D eigenvalue weighted by atomic mass is 35.5. The van der Waals surface area contributed by atoms with Gasteiger partial charge in [0.25, 0.3) is 5.91 Å². The average Bonchev–Trinajstić information content (AvgIpc) is 2.97. The summed E-state index contributed by atoms with van der Waals surface area (Å²) in [6.07, 6.45) is 0. The quantitative estimate of drug-likeness (QED) is 0.777. The van der Waals surface area contributed by atoms with Gasteiger partial charge >= 0.3 is 12.0 Å². The number of benzene rings is 1. The lowest BCUT2D eigenvalue weighted by atomic mass is 10.1. The number of nitrogens with one attached hydrogen (secondary N) is 1. The fraction of sp³-hybridized carbons (Fsp3) is 0.412. The van der Waals surface area contributed by atoms with Crippen LogP contribution in [0.4, 0.5) is 9.18 Å². The second-order valence-electron chi connectivity index (χ2n) is 6.13. The first-order valence-corrected chi connectivity index (χ1v) is 8.71. The standard InChI is InChI=1S/C17H19ClFN5O3/c1-5-24-15(25)13-14(23(3)17(24)26)21-16(22(13)2)20-8-9-10(18)6-7-11(27-4)12(9)19/h6-7,13H,5,8H2,1-4H3/p+1. The Balaban J connectivity index is 1.88.